The van der Waals surface area contributed by atoms with E-state index in [-0.39, 0.29) is 35.9 Å². The molecule has 0 aromatic heterocycles. The minimum atomic E-state index is 0. The van der Waals surface area contributed by atoms with Crippen LogP contribution in [-0.2, 0) is 4.79 Å². The van der Waals surface area contributed by atoms with Gasteiger partial charge in [-0.05, 0) is 45.6 Å². The maximum atomic E-state index is 12.4. The second-order valence-corrected chi connectivity index (χ2v) is 7.64. The molecule has 1 aromatic carbocycles. The van der Waals surface area contributed by atoms with Crippen molar-refractivity contribution in [3.63, 3.8) is 0 Å². The Bertz CT molecular complexity index is 656. The van der Waals surface area contributed by atoms with Gasteiger partial charge in [-0.1, -0.05) is 18.2 Å². The molecule has 0 radical (unpaired) electrons. The molecule has 162 valence electrons. The van der Waals surface area contributed by atoms with Gasteiger partial charge in [-0.25, -0.2) is 0 Å². The molecular formula is C21H35IN6O. The molecule has 0 bridgehead atoms. The van der Waals surface area contributed by atoms with Gasteiger partial charge in [-0.2, -0.15) is 0 Å². The van der Waals surface area contributed by atoms with Gasteiger partial charge in [-0.3, -0.25) is 9.79 Å². The smallest absolute Gasteiger partial charge is 0.229 e. The minimum Gasteiger partial charge on any atom is -0.357 e. The predicted molar refractivity (Wildman–Crippen MR) is 130 cm³/mol. The van der Waals surface area contributed by atoms with Crippen molar-refractivity contribution < 1.29 is 4.79 Å². The second-order valence-electron chi connectivity index (χ2n) is 7.64. The van der Waals surface area contributed by atoms with Crippen LogP contribution in [0.25, 0.3) is 0 Å². The number of guanidine groups is 1. The van der Waals surface area contributed by atoms with Crippen LogP contribution < -0.4 is 15.5 Å². The van der Waals surface area contributed by atoms with E-state index < -0.39 is 0 Å². The highest BCUT2D eigenvalue weighted by Crippen LogP contribution is 2.20. The highest BCUT2D eigenvalue weighted by atomic mass is 127. The van der Waals surface area contributed by atoms with Gasteiger partial charge in [0.05, 0.1) is 12.6 Å². The summed E-state index contributed by atoms with van der Waals surface area (Å²) in [5, 5.41) is 6.77. The van der Waals surface area contributed by atoms with Crippen LogP contribution in [0.5, 0.6) is 0 Å². The first-order valence-corrected chi connectivity index (χ1v) is 10.5. The Morgan fingerprint density at radius 1 is 1.17 bits per heavy atom. The normalized spacial score (nSPS) is 21.6. The Kier molecular flexibility index (Phi) is 10.2. The summed E-state index contributed by atoms with van der Waals surface area (Å²) in [7, 11) is 2.19. The molecule has 8 heteroatoms. The lowest BCUT2D eigenvalue weighted by molar-refractivity contribution is -0.117. The number of aliphatic imine (C=N–C) groups is 1. The monoisotopic (exact) mass is 514 g/mol. The number of nitrogens with zero attached hydrogens (tertiary/aromatic N) is 4. The number of carbonyl (C=O) groups excluding carboxylic acids is 1. The van der Waals surface area contributed by atoms with Crippen molar-refractivity contribution >= 4 is 41.5 Å². The number of carbonyl (C=O) groups is 1. The minimum absolute atomic E-state index is 0. The van der Waals surface area contributed by atoms with Gasteiger partial charge in [0.25, 0.3) is 0 Å². The fourth-order valence-corrected chi connectivity index (χ4v) is 3.80. The Labute approximate surface area is 191 Å². The fourth-order valence-electron chi connectivity index (χ4n) is 3.80. The molecular weight excluding hydrogens is 479 g/mol. The number of nitrogens with one attached hydrogen (secondary N) is 2. The molecule has 29 heavy (non-hydrogen) atoms. The molecule has 3 rings (SSSR count). The molecule has 2 N–H and O–H groups in total. The zero-order chi connectivity index (χ0) is 19.8. The molecule has 2 aliphatic heterocycles. The summed E-state index contributed by atoms with van der Waals surface area (Å²) >= 11 is 0. The van der Waals surface area contributed by atoms with Crippen molar-refractivity contribution in [2.24, 2.45) is 4.99 Å². The lowest BCUT2D eigenvalue weighted by Crippen LogP contribution is -2.45. The number of hydrogen-bond donors (Lipinski definition) is 2. The van der Waals surface area contributed by atoms with Crippen LogP contribution >= 0.6 is 24.0 Å². The van der Waals surface area contributed by atoms with Gasteiger partial charge in [0.2, 0.25) is 5.91 Å². The molecule has 1 aromatic rings. The Balaban J connectivity index is 0.00000300. The van der Waals surface area contributed by atoms with E-state index in [0.717, 1.165) is 50.9 Å². The predicted octanol–water partition coefficient (Wildman–Crippen LogP) is 1.60. The van der Waals surface area contributed by atoms with Crippen molar-refractivity contribution in [2.45, 2.75) is 25.8 Å². The third-order valence-corrected chi connectivity index (χ3v) is 5.38. The largest absolute Gasteiger partial charge is 0.357 e. The van der Waals surface area contributed by atoms with Gasteiger partial charge in [-0.15, -0.1) is 24.0 Å². The zero-order valence-corrected chi connectivity index (χ0v) is 20.0. The van der Waals surface area contributed by atoms with E-state index in [4.69, 9.17) is 4.99 Å². The van der Waals surface area contributed by atoms with Crippen molar-refractivity contribution in [3.05, 3.63) is 30.3 Å². The van der Waals surface area contributed by atoms with Crippen LogP contribution in [0.4, 0.5) is 5.69 Å². The van der Waals surface area contributed by atoms with Crippen LogP contribution in [0.3, 0.4) is 0 Å². The van der Waals surface area contributed by atoms with Crippen molar-refractivity contribution in [2.75, 3.05) is 64.3 Å². The van der Waals surface area contributed by atoms with E-state index in [1.54, 1.807) is 0 Å². The third-order valence-electron chi connectivity index (χ3n) is 5.38. The summed E-state index contributed by atoms with van der Waals surface area (Å²) < 4.78 is 0. The Morgan fingerprint density at radius 2 is 1.97 bits per heavy atom. The summed E-state index contributed by atoms with van der Waals surface area (Å²) in [5.41, 5.74) is 0.963. The number of likely N-dealkylation sites (N-methyl/N-ethyl adjacent to an activating group) is 1. The molecule has 2 fully saturated rings. The fraction of sp³-hybridized carbons (Fsp3) is 0.619. The lowest BCUT2D eigenvalue weighted by Gasteiger charge is -2.20. The van der Waals surface area contributed by atoms with Crippen LogP contribution in [0.2, 0.25) is 0 Å². The number of rotatable bonds is 6. The van der Waals surface area contributed by atoms with E-state index in [1.807, 2.05) is 35.2 Å². The number of benzene rings is 1. The van der Waals surface area contributed by atoms with E-state index in [0.29, 0.717) is 13.0 Å². The maximum Gasteiger partial charge on any atom is 0.229 e. The van der Waals surface area contributed by atoms with Crippen molar-refractivity contribution in [1.82, 2.24) is 20.4 Å². The maximum absolute atomic E-state index is 12.4. The molecule has 0 saturated carbocycles. The summed E-state index contributed by atoms with van der Waals surface area (Å²) in [5.74, 6) is 0.968. The summed E-state index contributed by atoms with van der Waals surface area (Å²) in [6.07, 6.45) is 1.72. The summed E-state index contributed by atoms with van der Waals surface area (Å²) in [6.45, 7) is 9.85. The summed E-state index contributed by atoms with van der Waals surface area (Å²) in [4.78, 5) is 23.9. The van der Waals surface area contributed by atoms with Gasteiger partial charge < -0.3 is 25.3 Å². The summed E-state index contributed by atoms with van der Waals surface area (Å²) in [6, 6.07) is 9.96. The second kappa shape index (κ2) is 12.3. The molecule has 1 unspecified atom stereocenters. The van der Waals surface area contributed by atoms with Gasteiger partial charge >= 0.3 is 0 Å². The number of para-hydroxylation sites is 1. The van der Waals surface area contributed by atoms with Crippen LogP contribution in [0.1, 0.15) is 19.8 Å². The van der Waals surface area contributed by atoms with E-state index in [1.165, 1.54) is 13.0 Å². The topological polar surface area (TPSA) is 63.2 Å². The van der Waals surface area contributed by atoms with Gasteiger partial charge in [0, 0.05) is 44.8 Å². The SMILES string of the molecule is CCNC(=NCCN1CCCN(C)CC1)NC1CC(=O)N(c2ccccc2)C1.I. The van der Waals surface area contributed by atoms with Gasteiger partial charge in [0.15, 0.2) is 5.96 Å². The van der Waals surface area contributed by atoms with E-state index in [9.17, 15) is 4.79 Å². The molecule has 2 saturated heterocycles. The number of halogens is 1. The van der Waals surface area contributed by atoms with Gasteiger partial charge in [0.1, 0.15) is 0 Å². The average Bonchev–Trinajstić information content (AvgIpc) is 2.93. The highest BCUT2D eigenvalue weighted by Gasteiger charge is 2.31. The van der Waals surface area contributed by atoms with Crippen molar-refractivity contribution in [3.8, 4) is 0 Å². The van der Waals surface area contributed by atoms with E-state index >= 15 is 0 Å². The van der Waals surface area contributed by atoms with Crippen LogP contribution in [0.15, 0.2) is 35.3 Å². The molecule has 0 spiro atoms. The highest BCUT2D eigenvalue weighted by molar-refractivity contribution is 14.0. The van der Waals surface area contributed by atoms with Crippen LogP contribution in [-0.4, -0.2) is 87.1 Å². The van der Waals surface area contributed by atoms with Crippen LogP contribution in [0, 0.1) is 0 Å². The molecule has 1 atom stereocenters. The Hall–Kier alpha value is -1.39. The molecule has 2 heterocycles. The zero-order valence-electron chi connectivity index (χ0n) is 17.6. The molecule has 0 aliphatic carbocycles. The molecule has 1 amide bonds. The number of hydrogen-bond acceptors (Lipinski definition) is 4. The lowest BCUT2D eigenvalue weighted by atomic mass is 10.2. The quantitative estimate of drug-likeness (QED) is 0.343. The third kappa shape index (κ3) is 7.42. The average molecular weight is 514 g/mol. The first kappa shape index (κ1) is 23.9. The number of amides is 1. The molecule has 7 nitrogen and oxygen atoms in total. The standard InChI is InChI=1S/C21H34N6O.HI/c1-3-22-21(23-10-13-26-12-7-11-25(2)14-15-26)24-18-16-20(28)27(17-18)19-8-5-4-6-9-19;/h4-6,8-9,18H,3,7,10-17H2,1-2H3,(H2,22,23,24);1H. The Morgan fingerprint density at radius 3 is 2.72 bits per heavy atom. The first-order valence-electron chi connectivity index (χ1n) is 10.5. The first-order chi connectivity index (χ1) is 13.7. The van der Waals surface area contributed by atoms with E-state index in [2.05, 4.69) is 34.4 Å². The number of anilines is 1. The molecule has 2 aliphatic rings. The van der Waals surface area contributed by atoms with Crippen molar-refractivity contribution in [1.29, 1.82) is 0 Å².